The van der Waals surface area contributed by atoms with E-state index in [0.29, 0.717) is 5.82 Å². The molecule has 0 aliphatic rings. The maximum absolute atomic E-state index is 5.41. The van der Waals surface area contributed by atoms with E-state index in [4.69, 9.17) is 4.74 Å². The van der Waals surface area contributed by atoms with Gasteiger partial charge in [0.05, 0.1) is 19.0 Å². The molecule has 0 unspecified atom stereocenters. The molecular formula is C19H14N3O. The van der Waals surface area contributed by atoms with E-state index in [2.05, 4.69) is 27.2 Å². The van der Waals surface area contributed by atoms with Crippen LogP contribution in [0.5, 0.6) is 5.75 Å². The number of aromatic nitrogens is 3. The number of H-pyrrole nitrogens is 1. The molecule has 111 valence electrons. The third kappa shape index (κ3) is 2.44. The number of aromatic amines is 1. The van der Waals surface area contributed by atoms with E-state index in [1.165, 1.54) is 0 Å². The van der Waals surface area contributed by atoms with E-state index >= 15 is 0 Å². The van der Waals surface area contributed by atoms with E-state index in [1.807, 2.05) is 48.7 Å². The lowest BCUT2D eigenvalue weighted by Gasteiger charge is -2.08. The monoisotopic (exact) mass is 300 g/mol. The number of hydrogen-bond donors (Lipinski definition) is 1. The predicted octanol–water partition coefficient (Wildman–Crippen LogP) is 4.10. The highest BCUT2D eigenvalue weighted by Crippen LogP contribution is 2.29. The van der Waals surface area contributed by atoms with Crippen LogP contribution in [0.3, 0.4) is 0 Å². The van der Waals surface area contributed by atoms with Crippen LogP contribution in [0.25, 0.3) is 33.5 Å². The second-order valence-electron chi connectivity index (χ2n) is 5.19. The third-order valence-corrected chi connectivity index (χ3v) is 3.79. The summed E-state index contributed by atoms with van der Waals surface area (Å²) in [6, 6.07) is 17.7. The minimum atomic E-state index is 0.650. The zero-order valence-corrected chi connectivity index (χ0v) is 12.6. The summed E-state index contributed by atoms with van der Waals surface area (Å²) >= 11 is 0. The number of ether oxygens (including phenoxy) is 1. The molecule has 0 fully saturated rings. The second-order valence-corrected chi connectivity index (χ2v) is 5.19. The van der Waals surface area contributed by atoms with Crippen LogP contribution >= 0.6 is 0 Å². The SMILES string of the molecule is COc1ccccc1-c1c[c]nc(-c2ccc3[nH]ccc3c2)n1. The molecule has 0 aliphatic carbocycles. The van der Waals surface area contributed by atoms with Gasteiger partial charge in [0.25, 0.3) is 0 Å². The summed E-state index contributed by atoms with van der Waals surface area (Å²) in [6.45, 7) is 0. The van der Waals surface area contributed by atoms with E-state index < -0.39 is 0 Å². The standard InChI is InChI=1S/C19H14N3O/c1-23-18-5-3-2-4-15(18)17-9-11-21-19(22-17)14-6-7-16-13(12-14)8-10-20-16/h2-10,12,20H,1H3. The highest BCUT2D eigenvalue weighted by atomic mass is 16.5. The van der Waals surface area contributed by atoms with Crippen molar-refractivity contribution in [2.75, 3.05) is 7.11 Å². The Hall–Kier alpha value is -3.14. The predicted molar refractivity (Wildman–Crippen MR) is 90.1 cm³/mol. The van der Waals surface area contributed by atoms with E-state index in [9.17, 15) is 0 Å². The zero-order chi connectivity index (χ0) is 15.6. The molecule has 0 aliphatic heterocycles. The van der Waals surface area contributed by atoms with Gasteiger partial charge < -0.3 is 9.72 Å². The van der Waals surface area contributed by atoms with Gasteiger partial charge in [0.2, 0.25) is 0 Å². The first-order chi connectivity index (χ1) is 11.3. The molecule has 2 heterocycles. The lowest BCUT2D eigenvalue weighted by atomic mass is 10.1. The van der Waals surface area contributed by atoms with Crippen molar-refractivity contribution in [3.63, 3.8) is 0 Å². The van der Waals surface area contributed by atoms with Crippen molar-refractivity contribution in [1.82, 2.24) is 15.0 Å². The van der Waals surface area contributed by atoms with E-state index in [1.54, 1.807) is 13.2 Å². The number of fused-ring (bicyclic) bond motifs is 1. The van der Waals surface area contributed by atoms with Gasteiger partial charge in [-0.3, -0.25) is 0 Å². The summed E-state index contributed by atoms with van der Waals surface area (Å²) in [4.78, 5) is 12.2. The topological polar surface area (TPSA) is 50.8 Å². The summed E-state index contributed by atoms with van der Waals surface area (Å²) in [5.41, 5.74) is 3.78. The fourth-order valence-electron chi connectivity index (χ4n) is 2.64. The van der Waals surface area contributed by atoms with Crippen LogP contribution in [-0.4, -0.2) is 22.1 Å². The molecule has 4 aromatic rings. The molecule has 23 heavy (non-hydrogen) atoms. The van der Waals surface area contributed by atoms with Crippen molar-refractivity contribution in [2.24, 2.45) is 0 Å². The van der Waals surface area contributed by atoms with E-state index in [0.717, 1.165) is 33.5 Å². The molecule has 0 saturated carbocycles. The van der Waals surface area contributed by atoms with Crippen LogP contribution in [0.4, 0.5) is 0 Å². The van der Waals surface area contributed by atoms with Gasteiger partial charge in [-0.2, -0.15) is 0 Å². The van der Waals surface area contributed by atoms with Gasteiger partial charge in [0.15, 0.2) is 5.82 Å². The number of para-hydroxylation sites is 1. The molecule has 0 amide bonds. The van der Waals surface area contributed by atoms with Gasteiger partial charge in [0, 0.05) is 28.2 Å². The maximum Gasteiger partial charge on any atom is 0.160 e. The first-order valence-corrected chi connectivity index (χ1v) is 7.31. The number of nitrogens with zero attached hydrogens (tertiary/aromatic N) is 2. The van der Waals surface area contributed by atoms with Gasteiger partial charge >= 0.3 is 0 Å². The Morgan fingerprint density at radius 3 is 2.91 bits per heavy atom. The Morgan fingerprint density at radius 2 is 2.00 bits per heavy atom. The highest BCUT2D eigenvalue weighted by Gasteiger charge is 2.09. The van der Waals surface area contributed by atoms with Gasteiger partial charge in [0.1, 0.15) is 5.75 Å². The maximum atomic E-state index is 5.41. The van der Waals surface area contributed by atoms with Gasteiger partial charge in [-0.1, -0.05) is 12.1 Å². The third-order valence-electron chi connectivity index (χ3n) is 3.79. The van der Waals surface area contributed by atoms with Crippen LogP contribution in [-0.2, 0) is 0 Å². The fraction of sp³-hybridized carbons (Fsp3) is 0.0526. The normalized spacial score (nSPS) is 10.8. The van der Waals surface area contributed by atoms with Crippen molar-refractivity contribution in [3.05, 3.63) is 67.0 Å². The van der Waals surface area contributed by atoms with Crippen LogP contribution in [0.2, 0.25) is 0 Å². The van der Waals surface area contributed by atoms with Crippen molar-refractivity contribution < 1.29 is 4.74 Å². The fourth-order valence-corrected chi connectivity index (χ4v) is 2.64. The molecule has 0 saturated heterocycles. The van der Waals surface area contributed by atoms with Gasteiger partial charge in [-0.05, 0) is 42.5 Å². The summed E-state index contributed by atoms with van der Waals surface area (Å²) in [5, 5.41) is 1.13. The summed E-state index contributed by atoms with van der Waals surface area (Å²) in [5.74, 6) is 1.43. The number of rotatable bonds is 3. The second kappa shape index (κ2) is 5.57. The number of nitrogens with one attached hydrogen (secondary N) is 1. The van der Waals surface area contributed by atoms with E-state index in [-0.39, 0.29) is 0 Å². The molecule has 2 aromatic carbocycles. The minimum absolute atomic E-state index is 0.650. The molecule has 4 nitrogen and oxygen atoms in total. The first-order valence-electron chi connectivity index (χ1n) is 7.31. The molecule has 1 N–H and O–H groups in total. The van der Waals surface area contributed by atoms with Crippen LogP contribution < -0.4 is 4.74 Å². The average Bonchev–Trinajstić information content (AvgIpc) is 3.09. The van der Waals surface area contributed by atoms with Gasteiger partial charge in [-0.15, -0.1) is 0 Å². The zero-order valence-electron chi connectivity index (χ0n) is 12.6. The van der Waals surface area contributed by atoms with Gasteiger partial charge in [-0.25, -0.2) is 9.97 Å². The van der Waals surface area contributed by atoms with Crippen LogP contribution in [0.15, 0.2) is 60.8 Å². The molecule has 4 rings (SSSR count). The molecule has 0 bridgehead atoms. The molecule has 0 atom stereocenters. The molecular weight excluding hydrogens is 286 g/mol. The molecule has 0 spiro atoms. The Morgan fingerprint density at radius 1 is 1.09 bits per heavy atom. The van der Waals surface area contributed by atoms with Crippen molar-refractivity contribution in [1.29, 1.82) is 0 Å². The lowest BCUT2D eigenvalue weighted by Crippen LogP contribution is -1.94. The van der Waals surface area contributed by atoms with Crippen molar-refractivity contribution in [3.8, 4) is 28.4 Å². The molecule has 2 aromatic heterocycles. The minimum Gasteiger partial charge on any atom is -0.496 e. The highest BCUT2D eigenvalue weighted by molar-refractivity contribution is 5.84. The van der Waals surface area contributed by atoms with Crippen molar-refractivity contribution >= 4 is 10.9 Å². The van der Waals surface area contributed by atoms with Crippen LogP contribution in [0, 0.1) is 6.20 Å². The number of hydrogen-bond acceptors (Lipinski definition) is 3. The average molecular weight is 300 g/mol. The molecule has 1 radical (unpaired) electrons. The largest absolute Gasteiger partial charge is 0.496 e. The Bertz CT molecular complexity index is 975. The smallest absolute Gasteiger partial charge is 0.160 e. The molecule has 4 heteroatoms. The summed E-state index contributed by atoms with van der Waals surface area (Å²) in [7, 11) is 1.66. The van der Waals surface area contributed by atoms with Crippen LogP contribution in [0.1, 0.15) is 0 Å². The Kier molecular flexibility index (Phi) is 3.27. The lowest BCUT2D eigenvalue weighted by molar-refractivity contribution is 0.416. The Labute approximate surface area is 133 Å². The summed E-state index contributed by atoms with van der Waals surface area (Å²) in [6.07, 6.45) is 4.87. The number of methoxy groups -OCH3 is 1. The van der Waals surface area contributed by atoms with Crippen molar-refractivity contribution in [2.45, 2.75) is 0 Å². The number of benzene rings is 2. The Balaban J connectivity index is 1.82. The quantitative estimate of drug-likeness (QED) is 0.619. The summed E-state index contributed by atoms with van der Waals surface area (Å²) < 4.78 is 5.41. The first kappa shape index (κ1) is 13.5.